The van der Waals surface area contributed by atoms with Gasteiger partial charge < -0.3 is 15.1 Å². The molecular weight excluding hydrogens is 306 g/mol. The van der Waals surface area contributed by atoms with Crippen LogP contribution in [0.25, 0.3) is 11.1 Å². The van der Waals surface area contributed by atoms with Crippen LogP contribution in [0.1, 0.15) is 23.8 Å². The minimum atomic E-state index is -0.510. The minimum absolute atomic E-state index is 0.133. The van der Waals surface area contributed by atoms with Crippen LogP contribution < -0.4 is 10.6 Å². The van der Waals surface area contributed by atoms with Gasteiger partial charge in [0, 0.05) is 24.7 Å². The van der Waals surface area contributed by atoms with E-state index in [0.29, 0.717) is 28.4 Å². The number of fused-ring (bicyclic) bond motifs is 2. The van der Waals surface area contributed by atoms with Gasteiger partial charge in [0.05, 0.1) is 5.92 Å². The van der Waals surface area contributed by atoms with E-state index in [1.807, 2.05) is 18.2 Å². The zero-order valence-electron chi connectivity index (χ0n) is 13.0. The summed E-state index contributed by atoms with van der Waals surface area (Å²) in [4.78, 5) is 28.8. The van der Waals surface area contributed by atoms with Crippen molar-refractivity contribution in [1.82, 2.24) is 4.98 Å². The van der Waals surface area contributed by atoms with Gasteiger partial charge in [-0.25, -0.2) is 4.98 Å². The van der Waals surface area contributed by atoms with Crippen molar-refractivity contribution in [2.24, 2.45) is 0 Å². The van der Waals surface area contributed by atoms with E-state index in [1.54, 1.807) is 31.2 Å². The van der Waals surface area contributed by atoms with Gasteiger partial charge in [0.15, 0.2) is 11.5 Å². The van der Waals surface area contributed by atoms with Gasteiger partial charge in [-0.1, -0.05) is 18.2 Å². The number of rotatable bonds is 2. The van der Waals surface area contributed by atoms with Crippen LogP contribution in [0.15, 0.2) is 46.9 Å². The normalized spacial score (nSPS) is 16.5. The molecule has 2 N–H and O–H groups in total. The van der Waals surface area contributed by atoms with Crippen molar-refractivity contribution in [3.05, 3.63) is 53.9 Å². The first kappa shape index (κ1) is 14.4. The van der Waals surface area contributed by atoms with E-state index in [-0.39, 0.29) is 18.2 Å². The number of aryl methyl sites for hydroxylation is 1. The van der Waals surface area contributed by atoms with Crippen molar-refractivity contribution in [2.45, 2.75) is 19.3 Å². The van der Waals surface area contributed by atoms with Crippen LogP contribution >= 0.6 is 0 Å². The summed E-state index contributed by atoms with van der Waals surface area (Å²) in [5, 5.41) is 5.67. The van der Waals surface area contributed by atoms with E-state index in [1.165, 1.54) is 0 Å². The Hall–Kier alpha value is -3.15. The van der Waals surface area contributed by atoms with Crippen molar-refractivity contribution in [2.75, 3.05) is 10.6 Å². The second-order valence-corrected chi connectivity index (χ2v) is 5.80. The van der Waals surface area contributed by atoms with E-state index in [9.17, 15) is 9.59 Å². The molecule has 1 atom stereocenters. The topological polar surface area (TPSA) is 84.2 Å². The van der Waals surface area contributed by atoms with Crippen molar-refractivity contribution >= 4 is 34.3 Å². The monoisotopic (exact) mass is 321 g/mol. The summed E-state index contributed by atoms with van der Waals surface area (Å²) >= 11 is 0. The van der Waals surface area contributed by atoms with Gasteiger partial charge in [-0.2, -0.15) is 0 Å². The average molecular weight is 321 g/mol. The molecule has 6 nitrogen and oxygen atoms in total. The lowest BCUT2D eigenvalue weighted by Crippen LogP contribution is -2.30. The Morgan fingerprint density at radius 3 is 3.00 bits per heavy atom. The highest BCUT2D eigenvalue weighted by molar-refractivity contribution is 6.05. The summed E-state index contributed by atoms with van der Waals surface area (Å²) in [5.41, 5.74) is 3.51. The molecule has 24 heavy (non-hydrogen) atoms. The number of carbonyl (C=O) groups excluding carboxylic acids is 2. The summed E-state index contributed by atoms with van der Waals surface area (Å²) in [6.45, 7) is 1.77. The quantitative estimate of drug-likeness (QED) is 0.759. The molecule has 0 bridgehead atoms. The van der Waals surface area contributed by atoms with E-state index >= 15 is 0 Å². The predicted molar refractivity (Wildman–Crippen MR) is 89.8 cm³/mol. The lowest BCUT2D eigenvalue weighted by molar-refractivity contribution is -0.123. The van der Waals surface area contributed by atoms with Gasteiger partial charge in [-0.05, 0) is 29.8 Å². The van der Waals surface area contributed by atoms with Crippen LogP contribution in [0, 0.1) is 6.92 Å². The molecule has 1 aliphatic rings. The van der Waals surface area contributed by atoms with E-state index < -0.39 is 5.92 Å². The van der Waals surface area contributed by atoms with Crippen LogP contribution in [0.4, 0.5) is 11.4 Å². The van der Waals surface area contributed by atoms with Gasteiger partial charge >= 0.3 is 0 Å². The molecule has 6 heteroatoms. The Morgan fingerprint density at radius 2 is 2.12 bits per heavy atom. The highest BCUT2D eigenvalue weighted by Crippen LogP contribution is 2.33. The number of benzene rings is 2. The predicted octanol–water partition coefficient (Wildman–Crippen LogP) is 3.20. The fourth-order valence-corrected chi connectivity index (χ4v) is 2.99. The molecule has 1 aromatic heterocycles. The zero-order chi connectivity index (χ0) is 16.7. The zero-order valence-corrected chi connectivity index (χ0v) is 13.0. The van der Waals surface area contributed by atoms with Gasteiger partial charge in [-0.15, -0.1) is 0 Å². The molecule has 0 fully saturated rings. The molecule has 1 unspecified atom stereocenters. The molecule has 0 saturated carbocycles. The largest absolute Gasteiger partial charge is 0.441 e. The number of aromatic nitrogens is 1. The number of carbonyl (C=O) groups is 2. The lowest BCUT2D eigenvalue weighted by atomic mass is 9.90. The number of hydrogen-bond acceptors (Lipinski definition) is 4. The van der Waals surface area contributed by atoms with Gasteiger partial charge in [0.25, 0.3) is 0 Å². The molecule has 0 radical (unpaired) electrons. The number of nitrogens with one attached hydrogen (secondary N) is 2. The summed E-state index contributed by atoms with van der Waals surface area (Å²) in [6.07, 6.45) is 0.133. The molecule has 3 aromatic rings. The summed E-state index contributed by atoms with van der Waals surface area (Å²) in [5.74, 6) is -0.302. The maximum Gasteiger partial charge on any atom is 0.232 e. The molecule has 0 spiro atoms. The number of hydrogen-bond donors (Lipinski definition) is 2. The first-order valence-corrected chi connectivity index (χ1v) is 7.67. The third-order valence-corrected chi connectivity index (χ3v) is 4.08. The van der Waals surface area contributed by atoms with Crippen LogP contribution in [-0.2, 0) is 9.59 Å². The first-order chi connectivity index (χ1) is 11.6. The fraction of sp³-hybridized carbons (Fsp3) is 0.167. The molecule has 1 aliphatic heterocycles. The van der Waals surface area contributed by atoms with E-state index in [4.69, 9.17) is 4.42 Å². The van der Waals surface area contributed by atoms with Gasteiger partial charge in [0.2, 0.25) is 11.8 Å². The summed E-state index contributed by atoms with van der Waals surface area (Å²) in [7, 11) is 0. The Kier molecular flexibility index (Phi) is 3.30. The molecule has 2 aromatic carbocycles. The van der Waals surface area contributed by atoms with E-state index in [0.717, 1.165) is 5.56 Å². The third kappa shape index (κ3) is 2.52. The highest BCUT2D eigenvalue weighted by Gasteiger charge is 2.30. The van der Waals surface area contributed by atoms with Crippen LogP contribution in [-0.4, -0.2) is 16.8 Å². The number of amides is 2. The number of anilines is 2. The second-order valence-electron chi connectivity index (χ2n) is 5.80. The highest BCUT2D eigenvalue weighted by atomic mass is 16.3. The number of para-hydroxylation sites is 1. The Bertz CT molecular complexity index is 961. The summed E-state index contributed by atoms with van der Waals surface area (Å²) < 4.78 is 5.43. The van der Waals surface area contributed by atoms with Crippen molar-refractivity contribution in [1.29, 1.82) is 0 Å². The Labute approximate surface area is 137 Å². The SMILES string of the molecule is Cc1nc2cc(NC(=O)C3CC(=O)Nc4ccccc43)ccc2o1. The molecule has 0 aliphatic carbocycles. The fourth-order valence-electron chi connectivity index (χ4n) is 2.99. The second kappa shape index (κ2) is 5.49. The molecule has 2 heterocycles. The van der Waals surface area contributed by atoms with Crippen LogP contribution in [0.5, 0.6) is 0 Å². The first-order valence-electron chi connectivity index (χ1n) is 7.67. The molecule has 0 saturated heterocycles. The van der Waals surface area contributed by atoms with Crippen molar-refractivity contribution in [3.63, 3.8) is 0 Å². The third-order valence-electron chi connectivity index (χ3n) is 4.08. The smallest absolute Gasteiger partial charge is 0.232 e. The Balaban J connectivity index is 1.62. The number of oxazole rings is 1. The maximum absolute atomic E-state index is 12.7. The minimum Gasteiger partial charge on any atom is -0.441 e. The van der Waals surface area contributed by atoms with Gasteiger partial charge in [-0.3, -0.25) is 9.59 Å². The van der Waals surface area contributed by atoms with Gasteiger partial charge in [0.1, 0.15) is 5.52 Å². The van der Waals surface area contributed by atoms with Crippen molar-refractivity contribution < 1.29 is 14.0 Å². The van der Waals surface area contributed by atoms with Crippen LogP contribution in [0.3, 0.4) is 0 Å². The molecular formula is C18H15N3O3. The molecule has 2 amide bonds. The molecule has 4 rings (SSSR count). The molecule has 120 valence electrons. The lowest BCUT2D eigenvalue weighted by Gasteiger charge is -2.24. The standard InChI is InChI=1S/C18H15N3O3/c1-10-19-15-8-11(6-7-16(15)24-10)20-18(23)13-9-17(22)21-14-5-3-2-4-12(13)14/h2-8,13H,9H2,1H3,(H,20,23)(H,21,22). The maximum atomic E-state index is 12.7. The summed E-state index contributed by atoms with van der Waals surface area (Å²) in [6, 6.07) is 12.7. The van der Waals surface area contributed by atoms with Crippen LogP contribution in [0.2, 0.25) is 0 Å². The van der Waals surface area contributed by atoms with Crippen molar-refractivity contribution in [3.8, 4) is 0 Å². The van der Waals surface area contributed by atoms with E-state index in [2.05, 4.69) is 15.6 Å². The Morgan fingerprint density at radius 1 is 1.29 bits per heavy atom. The average Bonchev–Trinajstić information content (AvgIpc) is 2.93. The number of nitrogens with zero attached hydrogens (tertiary/aromatic N) is 1.